The monoisotopic (exact) mass is 283 g/mol. The third-order valence-corrected chi connectivity index (χ3v) is 4.91. The molecule has 2 atom stereocenters. The minimum Gasteiger partial charge on any atom is -0.468 e. The molecule has 0 heterocycles. The van der Waals surface area contributed by atoms with Gasteiger partial charge in [-0.05, 0) is 31.6 Å². The van der Waals surface area contributed by atoms with E-state index in [4.69, 9.17) is 4.74 Å². The van der Waals surface area contributed by atoms with Crippen LogP contribution in [0.3, 0.4) is 0 Å². The van der Waals surface area contributed by atoms with Crippen molar-refractivity contribution in [1.29, 1.82) is 0 Å². The average molecular weight is 283 g/mol. The van der Waals surface area contributed by atoms with Crippen LogP contribution in [0.4, 0.5) is 0 Å². The molecule has 0 amide bonds. The van der Waals surface area contributed by atoms with Gasteiger partial charge in [0.05, 0.1) is 7.11 Å². The maximum absolute atomic E-state index is 12.4. The molecule has 0 aromatic heterocycles. The number of ether oxygens (including phenoxy) is 1. The predicted molar refractivity (Wildman–Crippen MR) is 83.7 cm³/mol. The number of methoxy groups -OCH3 is 1. The minimum atomic E-state index is -0.487. The Hall–Kier alpha value is -0.570. The lowest BCUT2D eigenvalue weighted by Gasteiger charge is -2.36. The molecule has 2 unspecified atom stereocenters. The second-order valence-electron chi connectivity index (χ2n) is 6.48. The Kier molecular flexibility index (Phi) is 7.57. The number of nitrogens with one attached hydrogen (secondary N) is 1. The summed E-state index contributed by atoms with van der Waals surface area (Å²) in [5, 5.41) is 3.70. The molecule has 1 fully saturated rings. The minimum absolute atomic E-state index is 0.0791. The third-order valence-electron chi connectivity index (χ3n) is 4.91. The first-order chi connectivity index (χ1) is 9.57. The molecular formula is C17H33NO2. The molecule has 0 aliphatic heterocycles. The Morgan fingerprint density at radius 3 is 2.30 bits per heavy atom. The molecule has 0 radical (unpaired) electrons. The van der Waals surface area contributed by atoms with Crippen molar-refractivity contribution in [2.75, 3.05) is 7.11 Å². The van der Waals surface area contributed by atoms with E-state index in [1.807, 2.05) is 0 Å². The summed E-state index contributed by atoms with van der Waals surface area (Å²) >= 11 is 0. The van der Waals surface area contributed by atoms with Crippen molar-refractivity contribution in [2.24, 2.45) is 5.92 Å². The van der Waals surface area contributed by atoms with Crippen LogP contribution < -0.4 is 5.32 Å². The average Bonchev–Trinajstić information content (AvgIpc) is 2.73. The number of rotatable bonds is 7. The SMILES string of the molecule is CCC(C)CC(CC)(NC1CCCCCC1)C(=O)OC. The Morgan fingerprint density at radius 1 is 1.25 bits per heavy atom. The molecule has 1 saturated carbocycles. The van der Waals surface area contributed by atoms with E-state index in [0.717, 1.165) is 19.3 Å². The van der Waals surface area contributed by atoms with Gasteiger partial charge in [0.1, 0.15) is 5.54 Å². The van der Waals surface area contributed by atoms with Gasteiger partial charge in [0.2, 0.25) is 0 Å². The molecule has 0 aromatic carbocycles. The van der Waals surface area contributed by atoms with E-state index in [0.29, 0.717) is 12.0 Å². The van der Waals surface area contributed by atoms with Gasteiger partial charge in [-0.3, -0.25) is 10.1 Å². The van der Waals surface area contributed by atoms with Gasteiger partial charge in [-0.25, -0.2) is 0 Å². The van der Waals surface area contributed by atoms with E-state index in [1.165, 1.54) is 45.6 Å². The van der Waals surface area contributed by atoms with Crippen molar-refractivity contribution < 1.29 is 9.53 Å². The number of esters is 1. The van der Waals surface area contributed by atoms with Crippen LogP contribution >= 0.6 is 0 Å². The Balaban J connectivity index is 2.81. The van der Waals surface area contributed by atoms with Crippen molar-refractivity contribution in [2.45, 2.75) is 90.1 Å². The molecule has 0 saturated heterocycles. The van der Waals surface area contributed by atoms with Crippen LogP contribution in [0.5, 0.6) is 0 Å². The van der Waals surface area contributed by atoms with Crippen molar-refractivity contribution in [3.05, 3.63) is 0 Å². The summed E-state index contributed by atoms with van der Waals surface area (Å²) in [6.07, 6.45) is 10.4. The van der Waals surface area contributed by atoms with Gasteiger partial charge >= 0.3 is 5.97 Å². The second kappa shape index (κ2) is 8.66. The Morgan fingerprint density at radius 2 is 1.85 bits per heavy atom. The highest BCUT2D eigenvalue weighted by atomic mass is 16.5. The van der Waals surface area contributed by atoms with Gasteiger partial charge in [0.15, 0.2) is 0 Å². The van der Waals surface area contributed by atoms with Crippen LogP contribution in [0.25, 0.3) is 0 Å². The van der Waals surface area contributed by atoms with Crippen LogP contribution in [0.2, 0.25) is 0 Å². The van der Waals surface area contributed by atoms with Crippen molar-refractivity contribution in [3.63, 3.8) is 0 Å². The fourth-order valence-electron chi connectivity index (χ4n) is 3.34. The van der Waals surface area contributed by atoms with Crippen LogP contribution in [0.1, 0.15) is 78.6 Å². The lowest BCUT2D eigenvalue weighted by Crippen LogP contribution is -2.56. The largest absolute Gasteiger partial charge is 0.468 e. The standard InChI is InChI=1S/C17H33NO2/c1-5-14(3)13-17(6-2,16(19)20-4)18-15-11-9-7-8-10-12-15/h14-15,18H,5-13H2,1-4H3. The van der Waals surface area contributed by atoms with Gasteiger partial charge in [0, 0.05) is 6.04 Å². The summed E-state index contributed by atoms with van der Waals surface area (Å²) in [6, 6.07) is 0.473. The van der Waals surface area contributed by atoms with Crippen LogP contribution in [0, 0.1) is 5.92 Å². The van der Waals surface area contributed by atoms with Gasteiger partial charge in [-0.1, -0.05) is 52.9 Å². The van der Waals surface area contributed by atoms with Crippen molar-refractivity contribution in [3.8, 4) is 0 Å². The highest BCUT2D eigenvalue weighted by Crippen LogP contribution is 2.28. The number of carbonyl (C=O) groups excluding carboxylic acids is 1. The van der Waals surface area contributed by atoms with Gasteiger partial charge in [-0.2, -0.15) is 0 Å². The molecule has 3 heteroatoms. The first-order valence-electron chi connectivity index (χ1n) is 8.44. The van der Waals surface area contributed by atoms with E-state index in [9.17, 15) is 4.79 Å². The Bertz CT molecular complexity index is 285. The molecule has 0 bridgehead atoms. The normalized spacial score (nSPS) is 21.8. The van der Waals surface area contributed by atoms with Gasteiger partial charge in [-0.15, -0.1) is 0 Å². The number of hydrogen-bond acceptors (Lipinski definition) is 3. The fraction of sp³-hybridized carbons (Fsp3) is 0.941. The maximum Gasteiger partial charge on any atom is 0.326 e. The first kappa shape index (κ1) is 17.5. The summed E-state index contributed by atoms with van der Waals surface area (Å²) in [6.45, 7) is 6.51. The lowest BCUT2D eigenvalue weighted by atomic mass is 9.83. The summed E-state index contributed by atoms with van der Waals surface area (Å²) in [7, 11) is 1.51. The third kappa shape index (κ3) is 4.76. The number of hydrogen-bond donors (Lipinski definition) is 1. The molecule has 1 aliphatic rings. The molecule has 3 nitrogen and oxygen atoms in total. The van der Waals surface area contributed by atoms with E-state index in [-0.39, 0.29) is 5.97 Å². The second-order valence-corrected chi connectivity index (χ2v) is 6.48. The summed E-state index contributed by atoms with van der Waals surface area (Å²) in [4.78, 5) is 12.4. The maximum atomic E-state index is 12.4. The molecule has 1 rings (SSSR count). The summed E-state index contributed by atoms with van der Waals surface area (Å²) in [5.74, 6) is 0.455. The van der Waals surface area contributed by atoms with E-state index >= 15 is 0 Å². The molecular weight excluding hydrogens is 250 g/mol. The molecule has 118 valence electrons. The topological polar surface area (TPSA) is 38.3 Å². The van der Waals surface area contributed by atoms with Gasteiger partial charge in [0.25, 0.3) is 0 Å². The molecule has 1 aliphatic carbocycles. The van der Waals surface area contributed by atoms with Crippen LogP contribution in [-0.4, -0.2) is 24.7 Å². The summed E-state index contributed by atoms with van der Waals surface area (Å²) in [5.41, 5.74) is -0.487. The molecule has 0 spiro atoms. The lowest BCUT2D eigenvalue weighted by molar-refractivity contribution is -0.150. The van der Waals surface area contributed by atoms with Crippen molar-refractivity contribution in [1.82, 2.24) is 5.32 Å². The van der Waals surface area contributed by atoms with Crippen LogP contribution in [-0.2, 0) is 9.53 Å². The zero-order valence-electron chi connectivity index (χ0n) is 13.8. The van der Waals surface area contributed by atoms with E-state index < -0.39 is 5.54 Å². The Labute approximate surface area is 124 Å². The van der Waals surface area contributed by atoms with Crippen molar-refractivity contribution >= 4 is 5.97 Å². The van der Waals surface area contributed by atoms with Crippen LogP contribution in [0.15, 0.2) is 0 Å². The quantitative estimate of drug-likeness (QED) is 0.565. The summed E-state index contributed by atoms with van der Waals surface area (Å²) < 4.78 is 5.12. The van der Waals surface area contributed by atoms with E-state index in [2.05, 4.69) is 26.1 Å². The highest BCUT2D eigenvalue weighted by molar-refractivity contribution is 5.80. The first-order valence-corrected chi connectivity index (χ1v) is 8.44. The smallest absolute Gasteiger partial charge is 0.326 e. The van der Waals surface area contributed by atoms with E-state index in [1.54, 1.807) is 0 Å². The molecule has 20 heavy (non-hydrogen) atoms. The zero-order valence-corrected chi connectivity index (χ0v) is 13.8. The van der Waals surface area contributed by atoms with Gasteiger partial charge < -0.3 is 4.74 Å². The molecule has 0 aromatic rings. The molecule has 1 N–H and O–H groups in total. The fourth-order valence-corrected chi connectivity index (χ4v) is 3.34. The number of carbonyl (C=O) groups is 1. The predicted octanol–water partition coefficient (Wildman–Crippen LogP) is 4.06. The zero-order chi connectivity index (χ0) is 15.0. The highest BCUT2D eigenvalue weighted by Gasteiger charge is 2.40.